The maximum absolute atomic E-state index is 13.9. The van der Waals surface area contributed by atoms with E-state index in [9.17, 15) is 38.4 Å². The molecule has 0 spiro atoms. The fourth-order valence-electron chi connectivity index (χ4n) is 17.2. The van der Waals surface area contributed by atoms with Gasteiger partial charge in [0.2, 0.25) is 30.4 Å². The van der Waals surface area contributed by atoms with E-state index < -0.39 is 70.7 Å². The number of hydrogen-bond acceptors (Lipinski definition) is 20. The molecule has 8 N–H and O–H groups in total. The first-order valence-corrected chi connectivity index (χ1v) is 41.1. The summed E-state index contributed by atoms with van der Waals surface area (Å²) in [6, 6.07) is 21.5. The van der Waals surface area contributed by atoms with E-state index >= 15 is 0 Å². The largest absolute Gasteiger partial charge is 0.453 e. The Kier molecular flexibility index (Phi) is 24.5. The monoisotopic (exact) mass is 1630 g/mol. The Morgan fingerprint density at radius 2 is 0.661 bits per heavy atom. The number of carbonyl (C=O) groups excluding carboxylic acids is 8. The van der Waals surface area contributed by atoms with Crippen LogP contribution in [0.3, 0.4) is 0 Å². The zero-order valence-corrected chi connectivity index (χ0v) is 70.6. The molecule has 0 radical (unpaired) electrons. The molecule has 5 aromatic heterocycles. The molecule has 9 aromatic rings. The average molecular weight is 1630 g/mol. The summed E-state index contributed by atoms with van der Waals surface area (Å²) in [6.07, 6.45) is 10.7. The molecular formula is C86H107N17O14S. The summed E-state index contributed by atoms with van der Waals surface area (Å²) in [6.45, 7) is 25.5. The molecular weight excluding hydrogens is 1530 g/mol. The minimum Gasteiger partial charge on any atom is -0.453 e. The van der Waals surface area contributed by atoms with E-state index in [0.29, 0.717) is 67.4 Å². The lowest BCUT2D eigenvalue weighted by atomic mass is 9.95. The third kappa shape index (κ3) is 16.1. The van der Waals surface area contributed by atoms with Gasteiger partial charge in [0.25, 0.3) is 0 Å². The lowest BCUT2D eigenvalue weighted by Crippen LogP contribution is -2.55. The predicted molar refractivity (Wildman–Crippen MR) is 443 cm³/mol. The molecule has 4 fully saturated rings. The number of thiazole rings is 1. The lowest BCUT2D eigenvalue weighted by Gasteiger charge is -2.37. The van der Waals surface area contributed by atoms with Crippen molar-refractivity contribution in [2.24, 2.45) is 23.7 Å². The molecule has 5 aliphatic heterocycles. The fourth-order valence-corrected chi connectivity index (χ4v) is 18.0. The van der Waals surface area contributed by atoms with Crippen LogP contribution in [0.15, 0.2) is 103 Å². The topological polar surface area (TPSA) is 381 Å². The van der Waals surface area contributed by atoms with Crippen molar-refractivity contribution in [1.82, 2.24) is 85.7 Å². The van der Waals surface area contributed by atoms with Crippen LogP contribution in [0, 0.1) is 23.7 Å². The van der Waals surface area contributed by atoms with Crippen LogP contribution in [-0.4, -0.2) is 198 Å². The van der Waals surface area contributed by atoms with E-state index in [1.54, 1.807) is 34.8 Å². The number of alkyl carbamates (subject to hydrolysis) is 4. The molecule has 5 aliphatic rings. The smallest absolute Gasteiger partial charge is 0.407 e. The third-order valence-corrected chi connectivity index (χ3v) is 25.0. The number of amides is 8. The summed E-state index contributed by atoms with van der Waals surface area (Å²) in [7, 11) is 5.14. The lowest BCUT2D eigenvalue weighted by molar-refractivity contribution is -0.139. The van der Waals surface area contributed by atoms with Crippen molar-refractivity contribution in [2.75, 3.05) is 61.4 Å². The van der Waals surface area contributed by atoms with Crippen LogP contribution in [0.25, 0.3) is 77.5 Å². The second kappa shape index (κ2) is 34.4. The van der Waals surface area contributed by atoms with Crippen molar-refractivity contribution in [3.63, 3.8) is 0 Å². The standard InChI is InChI=1S/C43H53N9O6S.C43H54N8O8/c1-24(2)32(49-40(55)57-7)36(53)51-19-9-17-42(51,5)38-44-21-30(47-38)27-13-11-26(12-14-27)28-15-16-29(35-34(28)46-23-59-35)31-22-45-39(48-31)43(6)18-10-20-52(43)37(54)33(25(3)4)50-41(56)58-8;1-24(2)32(48-40(54)56-7)36(52)50-19-9-17-42(50,5)38-44-21-30(46-38)27-13-11-26(12-14-27)28-15-16-29(35-34(28)58-23-59-35)31-22-45-39(47-31)43(6)18-10-20-51(43)37(53)33(25(3)4)49-41(55)57-8/h11-16,21-25,32-33H,9-10,17-20H2,1-8H3,(H,44,47)(H,45,48)(H,49,55)(H,50,56);11-16,21-22,24-25,32-33H,9-10,17-20,23H2,1-8H3,(H,44,46)(H,45,47)(H,48,54)(H,49,55)/t2*32-,33-,42-,43-/m00/s1. The van der Waals surface area contributed by atoms with Crippen LogP contribution >= 0.6 is 11.3 Å². The molecule has 0 bridgehead atoms. The highest BCUT2D eigenvalue weighted by Crippen LogP contribution is 2.50. The van der Waals surface area contributed by atoms with Gasteiger partial charge in [-0.3, -0.25) is 19.2 Å². The van der Waals surface area contributed by atoms with Crippen molar-refractivity contribution in [3.05, 3.63) is 126 Å². The average Bonchev–Trinajstić information content (AvgIpc) is 1.61. The summed E-state index contributed by atoms with van der Waals surface area (Å²) in [4.78, 5) is 149. The minimum absolute atomic E-state index is 0.0636. The Morgan fingerprint density at radius 3 is 1.00 bits per heavy atom. The number of aromatic amines is 4. The molecule has 31 nitrogen and oxygen atoms in total. The van der Waals surface area contributed by atoms with Gasteiger partial charge in [0.05, 0.1) is 114 Å². The first-order valence-electron chi connectivity index (χ1n) is 40.3. The summed E-state index contributed by atoms with van der Waals surface area (Å²) < 4.78 is 32.3. The number of aromatic nitrogens is 9. The van der Waals surface area contributed by atoms with Gasteiger partial charge in [-0.1, -0.05) is 116 Å². The first-order chi connectivity index (χ1) is 56.4. The molecule has 10 heterocycles. The van der Waals surface area contributed by atoms with Crippen molar-refractivity contribution in [3.8, 4) is 78.8 Å². The predicted octanol–water partition coefficient (Wildman–Crippen LogP) is 13.5. The van der Waals surface area contributed by atoms with Crippen molar-refractivity contribution < 1.29 is 66.8 Å². The number of nitrogens with one attached hydrogen (secondary N) is 8. The van der Waals surface area contributed by atoms with Crippen LogP contribution in [0.2, 0.25) is 0 Å². The number of likely N-dealkylation sites (tertiary alicyclic amines) is 4. The van der Waals surface area contributed by atoms with Gasteiger partial charge >= 0.3 is 24.4 Å². The number of carbonyl (C=O) groups is 8. The van der Waals surface area contributed by atoms with Gasteiger partial charge in [0.1, 0.15) is 47.5 Å². The van der Waals surface area contributed by atoms with Crippen LogP contribution in [-0.2, 0) is 60.3 Å². The molecule has 118 heavy (non-hydrogen) atoms. The molecule has 14 rings (SSSR count). The zero-order valence-electron chi connectivity index (χ0n) is 69.8. The maximum atomic E-state index is 13.9. The molecule has 8 amide bonds. The Morgan fingerprint density at radius 1 is 0.381 bits per heavy atom. The van der Waals surface area contributed by atoms with E-state index in [1.807, 2.05) is 146 Å². The molecule has 4 aromatic carbocycles. The SMILES string of the molecule is COC(=O)N[C@H](C(=O)N1CCC[C@@]1(C)c1ncc(-c2ccc(-c3ccc(-c4cnc([C@]5(C)CCCN5C(=O)[C@@H](NC(=O)OC)C(C)C)[nH]4)c4c3OCO4)cc2)[nH]1)C(C)C.COC(=O)N[C@H](C(=O)N1CCC[C@@]1(C)c1ncc(-c2ccc(-c3ccc(-c4cnc([C@]5(C)CCCN5C(=O)[C@@H](NC(=O)OC)C(C)C)[nH]4)c4scnc34)cc2)[nH]1)C(C)C. The number of ether oxygens (including phenoxy) is 6. The van der Waals surface area contributed by atoms with Crippen LogP contribution < -0.4 is 30.7 Å². The van der Waals surface area contributed by atoms with Crippen molar-refractivity contribution >= 4 is 69.6 Å². The van der Waals surface area contributed by atoms with Gasteiger partial charge in [-0.2, -0.15) is 0 Å². The number of benzene rings is 4. The fraction of sp³-hybridized carbons (Fsp3) is 0.477. The van der Waals surface area contributed by atoms with Gasteiger partial charge in [-0.25, -0.2) is 44.1 Å². The van der Waals surface area contributed by atoms with Crippen molar-refractivity contribution in [1.29, 1.82) is 0 Å². The number of H-pyrrole nitrogens is 4. The van der Waals surface area contributed by atoms with Crippen molar-refractivity contribution in [2.45, 2.75) is 181 Å². The number of rotatable bonds is 22. The molecule has 0 aliphatic carbocycles. The summed E-state index contributed by atoms with van der Waals surface area (Å²) >= 11 is 1.56. The van der Waals surface area contributed by atoms with Crippen LogP contribution in [0.1, 0.15) is 158 Å². The highest BCUT2D eigenvalue weighted by atomic mass is 32.1. The quantitative estimate of drug-likeness (QED) is 0.0292. The van der Waals surface area contributed by atoms with E-state index in [4.69, 9.17) is 53.3 Å². The third-order valence-electron chi connectivity index (χ3n) is 24.1. The summed E-state index contributed by atoms with van der Waals surface area (Å²) in [5, 5.41) is 10.9. The van der Waals surface area contributed by atoms with Crippen LogP contribution in [0.5, 0.6) is 11.5 Å². The van der Waals surface area contributed by atoms with Gasteiger partial charge in [-0.05, 0) is 137 Å². The molecule has 0 unspecified atom stereocenters. The molecule has 0 saturated carbocycles. The number of nitrogens with zero attached hydrogens (tertiary/aromatic N) is 9. The van der Waals surface area contributed by atoms with E-state index in [0.717, 1.165) is 122 Å². The first kappa shape index (κ1) is 84.1. The van der Waals surface area contributed by atoms with E-state index in [-0.39, 0.29) is 54.1 Å². The summed E-state index contributed by atoms with van der Waals surface area (Å²) in [5.41, 5.74) is 10.6. The molecule has 8 atom stereocenters. The highest BCUT2D eigenvalue weighted by molar-refractivity contribution is 7.17. The summed E-state index contributed by atoms with van der Waals surface area (Å²) in [5.74, 6) is 2.70. The Bertz CT molecular complexity index is 5200. The zero-order chi connectivity index (χ0) is 84.4. The second-order valence-corrected chi connectivity index (χ2v) is 33.9. The van der Waals surface area contributed by atoms with Gasteiger partial charge < -0.3 is 89.2 Å². The Balaban J connectivity index is 0.000000205. The Hall–Kier alpha value is -11.8. The number of fused-ring (bicyclic) bond motifs is 2. The van der Waals surface area contributed by atoms with E-state index in [2.05, 4.69) is 77.6 Å². The highest BCUT2D eigenvalue weighted by Gasteiger charge is 2.51. The van der Waals surface area contributed by atoms with Crippen LogP contribution in [0.4, 0.5) is 19.2 Å². The molecule has 626 valence electrons. The minimum atomic E-state index is -0.743. The second-order valence-electron chi connectivity index (χ2n) is 33.1. The van der Waals surface area contributed by atoms with Gasteiger partial charge in [-0.15, -0.1) is 11.3 Å². The maximum Gasteiger partial charge on any atom is 0.407 e. The normalized spacial score (nSPS) is 20.6. The number of imidazole rings is 4. The van der Waals surface area contributed by atoms with E-state index in [1.165, 1.54) is 28.4 Å². The molecule has 4 saturated heterocycles. The van der Waals surface area contributed by atoms with Gasteiger partial charge in [0, 0.05) is 48.4 Å². The number of methoxy groups -OCH3 is 4. The molecule has 32 heteroatoms. The Labute approximate surface area is 689 Å². The van der Waals surface area contributed by atoms with Gasteiger partial charge in [0.15, 0.2) is 11.5 Å². The number of hydrogen-bond donors (Lipinski definition) is 8.